The Morgan fingerprint density at radius 3 is 2.44 bits per heavy atom. The number of nitrogens with one attached hydrogen (secondary N) is 1. The van der Waals surface area contributed by atoms with E-state index in [1.54, 1.807) is 6.07 Å². The standard InChI is InChI=1S/C20H20BrF3N2O/c1-19(2,3)15-8-7-12(17-11-18(21)26-27-17)9-16(15)25-14-6-4-5-13(10-14)20(22,23)24/h4-10,17,25H,11H2,1-3H3/t17-/m1/s1. The van der Waals surface area contributed by atoms with Crippen LogP contribution in [0.4, 0.5) is 24.5 Å². The lowest BCUT2D eigenvalue weighted by Gasteiger charge is -2.25. The zero-order valence-electron chi connectivity index (χ0n) is 15.2. The molecule has 0 saturated heterocycles. The molecule has 144 valence electrons. The summed E-state index contributed by atoms with van der Waals surface area (Å²) in [5, 5.41) is 7.07. The minimum absolute atomic E-state index is 0.184. The topological polar surface area (TPSA) is 33.6 Å². The SMILES string of the molecule is CC(C)(C)c1ccc([C@H]2CC(Br)=NO2)cc1Nc1cccc(C(F)(F)F)c1. The van der Waals surface area contributed by atoms with Gasteiger partial charge in [-0.05, 0) is 56.7 Å². The van der Waals surface area contributed by atoms with Gasteiger partial charge in [-0.25, -0.2) is 0 Å². The molecule has 0 spiro atoms. The normalized spacial score (nSPS) is 17.4. The molecule has 0 aromatic heterocycles. The Morgan fingerprint density at radius 2 is 1.85 bits per heavy atom. The number of hydrogen-bond donors (Lipinski definition) is 1. The number of hydrogen-bond acceptors (Lipinski definition) is 3. The van der Waals surface area contributed by atoms with E-state index < -0.39 is 11.7 Å². The summed E-state index contributed by atoms with van der Waals surface area (Å²) in [5.41, 5.74) is 2.19. The van der Waals surface area contributed by atoms with Crippen LogP contribution in [0, 0.1) is 0 Å². The van der Waals surface area contributed by atoms with E-state index >= 15 is 0 Å². The Morgan fingerprint density at radius 1 is 1.11 bits per heavy atom. The quantitative estimate of drug-likeness (QED) is 0.561. The van der Waals surface area contributed by atoms with Gasteiger partial charge in [-0.3, -0.25) is 0 Å². The molecule has 0 unspecified atom stereocenters. The van der Waals surface area contributed by atoms with Gasteiger partial charge in [0.05, 0.1) is 5.56 Å². The number of nitrogens with zero attached hydrogens (tertiary/aromatic N) is 1. The average molecular weight is 441 g/mol. The lowest BCUT2D eigenvalue weighted by atomic mass is 9.84. The van der Waals surface area contributed by atoms with E-state index in [0.717, 1.165) is 33.6 Å². The second-order valence-electron chi connectivity index (χ2n) is 7.52. The minimum atomic E-state index is -4.38. The van der Waals surface area contributed by atoms with Gasteiger partial charge in [0.25, 0.3) is 0 Å². The van der Waals surface area contributed by atoms with Crippen LogP contribution in [0.5, 0.6) is 0 Å². The summed E-state index contributed by atoms with van der Waals surface area (Å²) in [6.45, 7) is 6.18. The predicted molar refractivity (Wildman–Crippen MR) is 105 cm³/mol. The summed E-state index contributed by atoms with van der Waals surface area (Å²) in [7, 11) is 0. The van der Waals surface area contributed by atoms with Gasteiger partial charge in [0.2, 0.25) is 0 Å². The third kappa shape index (κ3) is 4.64. The van der Waals surface area contributed by atoms with Gasteiger partial charge in [-0.15, -0.1) is 0 Å². The second kappa shape index (κ2) is 7.19. The molecule has 2 aromatic rings. The maximum atomic E-state index is 13.0. The van der Waals surface area contributed by atoms with Crippen molar-refractivity contribution in [1.82, 2.24) is 0 Å². The van der Waals surface area contributed by atoms with Crippen molar-refractivity contribution in [3.05, 3.63) is 59.2 Å². The first-order chi connectivity index (χ1) is 12.5. The number of halogens is 4. The van der Waals surface area contributed by atoms with Crippen molar-refractivity contribution >= 4 is 31.9 Å². The molecule has 0 bridgehead atoms. The smallest absolute Gasteiger partial charge is 0.386 e. The molecule has 1 heterocycles. The molecule has 2 aromatic carbocycles. The van der Waals surface area contributed by atoms with Crippen LogP contribution in [0.1, 0.15) is 50.0 Å². The summed E-state index contributed by atoms with van der Waals surface area (Å²) >= 11 is 3.32. The molecule has 0 fully saturated rings. The fourth-order valence-electron chi connectivity index (χ4n) is 2.98. The molecular weight excluding hydrogens is 421 g/mol. The monoisotopic (exact) mass is 440 g/mol. The van der Waals surface area contributed by atoms with Crippen molar-refractivity contribution in [1.29, 1.82) is 0 Å². The van der Waals surface area contributed by atoms with Crippen LogP contribution in [0.3, 0.4) is 0 Å². The number of benzene rings is 2. The van der Waals surface area contributed by atoms with Crippen LogP contribution in [0.25, 0.3) is 0 Å². The summed E-state index contributed by atoms with van der Waals surface area (Å²) in [6, 6.07) is 11.1. The third-order valence-electron chi connectivity index (χ3n) is 4.33. The molecule has 1 atom stereocenters. The molecule has 1 aliphatic heterocycles. The molecular formula is C20H20BrF3N2O. The second-order valence-corrected chi connectivity index (χ2v) is 8.44. The van der Waals surface area contributed by atoms with Gasteiger partial charge in [-0.1, -0.05) is 44.1 Å². The lowest BCUT2D eigenvalue weighted by Crippen LogP contribution is -2.14. The number of anilines is 2. The Hall–Kier alpha value is -2.02. The molecule has 1 N–H and O–H groups in total. The summed E-state index contributed by atoms with van der Waals surface area (Å²) in [5.74, 6) is 0. The van der Waals surface area contributed by atoms with E-state index in [-0.39, 0.29) is 11.5 Å². The van der Waals surface area contributed by atoms with Gasteiger partial charge in [0.15, 0.2) is 6.10 Å². The zero-order valence-corrected chi connectivity index (χ0v) is 16.8. The number of oxime groups is 1. The largest absolute Gasteiger partial charge is 0.416 e. The lowest BCUT2D eigenvalue weighted by molar-refractivity contribution is -0.137. The average Bonchev–Trinajstić information content (AvgIpc) is 3.00. The first-order valence-electron chi connectivity index (χ1n) is 8.51. The van der Waals surface area contributed by atoms with E-state index in [0.29, 0.717) is 12.1 Å². The van der Waals surface area contributed by atoms with Crippen LogP contribution in [0.15, 0.2) is 47.6 Å². The van der Waals surface area contributed by atoms with E-state index in [9.17, 15) is 13.2 Å². The third-order valence-corrected chi connectivity index (χ3v) is 4.79. The highest BCUT2D eigenvalue weighted by Gasteiger charge is 2.30. The van der Waals surface area contributed by atoms with Crippen LogP contribution in [0.2, 0.25) is 0 Å². The molecule has 7 heteroatoms. The van der Waals surface area contributed by atoms with Gasteiger partial charge >= 0.3 is 6.18 Å². The molecule has 0 amide bonds. The first kappa shape index (κ1) is 19.7. The summed E-state index contributed by atoms with van der Waals surface area (Å²) in [4.78, 5) is 5.41. The zero-order chi connectivity index (χ0) is 19.8. The van der Waals surface area contributed by atoms with Gasteiger partial charge in [0, 0.05) is 17.8 Å². The number of alkyl halides is 3. The summed E-state index contributed by atoms with van der Waals surface area (Å²) < 4.78 is 39.8. The van der Waals surface area contributed by atoms with Crippen LogP contribution in [-0.2, 0) is 16.4 Å². The highest BCUT2D eigenvalue weighted by molar-refractivity contribution is 9.18. The molecule has 3 nitrogen and oxygen atoms in total. The van der Waals surface area contributed by atoms with Crippen LogP contribution < -0.4 is 5.32 Å². The Labute approximate surface area is 164 Å². The van der Waals surface area contributed by atoms with Crippen molar-refractivity contribution in [2.24, 2.45) is 5.16 Å². The van der Waals surface area contributed by atoms with Gasteiger partial charge in [0.1, 0.15) is 4.62 Å². The van der Waals surface area contributed by atoms with Crippen molar-refractivity contribution in [3.63, 3.8) is 0 Å². The van der Waals surface area contributed by atoms with Gasteiger partial charge in [-0.2, -0.15) is 13.2 Å². The maximum Gasteiger partial charge on any atom is 0.416 e. The van der Waals surface area contributed by atoms with Crippen molar-refractivity contribution < 1.29 is 18.0 Å². The van der Waals surface area contributed by atoms with Crippen molar-refractivity contribution in [2.45, 2.75) is 44.9 Å². The van der Waals surface area contributed by atoms with Crippen molar-refractivity contribution in [2.75, 3.05) is 5.32 Å². The Kier molecular flexibility index (Phi) is 5.25. The summed E-state index contributed by atoms with van der Waals surface area (Å²) in [6.07, 6.45) is -3.97. The van der Waals surface area contributed by atoms with E-state index in [4.69, 9.17) is 4.84 Å². The first-order valence-corrected chi connectivity index (χ1v) is 9.30. The van der Waals surface area contributed by atoms with E-state index in [2.05, 4.69) is 47.2 Å². The predicted octanol–water partition coefficient (Wildman–Crippen LogP) is 6.92. The van der Waals surface area contributed by atoms with Crippen LogP contribution in [-0.4, -0.2) is 4.62 Å². The fraction of sp³-hybridized carbons (Fsp3) is 0.350. The van der Waals surface area contributed by atoms with E-state index in [1.807, 2.05) is 18.2 Å². The van der Waals surface area contributed by atoms with Gasteiger partial charge < -0.3 is 10.2 Å². The maximum absolute atomic E-state index is 13.0. The molecule has 27 heavy (non-hydrogen) atoms. The molecule has 0 radical (unpaired) electrons. The highest BCUT2D eigenvalue weighted by Crippen LogP contribution is 2.38. The number of rotatable bonds is 3. The Balaban J connectivity index is 1.97. The highest BCUT2D eigenvalue weighted by atomic mass is 79.9. The Bertz CT molecular complexity index is 872. The van der Waals surface area contributed by atoms with Crippen molar-refractivity contribution in [3.8, 4) is 0 Å². The molecule has 3 rings (SSSR count). The van der Waals surface area contributed by atoms with E-state index in [1.165, 1.54) is 6.07 Å². The van der Waals surface area contributed by atoms with Crippen LogP contribution >= 0.6 is 15.9 Å². The minimum Gasteiger partial charge on any atom is -0.386 e. The molecule has 0 aliphatic carbocycles. The molecule has 1 aliphatic rings. The fourth-order valence-corrected chi connectivity index (χ4v) is 3.35. The molecule has 0 saturated carbocycles.